The molecular formula is C25H27N5O4S. The summed E-state index contributed by atoms with van der Waals surface area (Å²) >= 11 is 0. The number of aromatic nitrogens is 1. The van der Waals surface area contributed by atoms with Crippen LogP contribution < -0.4 is 9.80 Å². The molecule has 35 heavy (non-hydrogen) atoms. The molecule has 3 aliphatic heterocycles. The van der Waals surface area contributed by atoms with E-state index in [4.69, 9.17) is 4.98 Å². The molecule has 4 heterocycles. The molecule has 0 aliphatic carbocycles. The van der Waals surface area contributed by atoms with E-state index in [1.165, 1.54) is 42.1 Å². The van der Waals surface area contributed by atoms with Crippen LogP contribution in [0.5, 0.6) is 0 Å². The van der Waals surface area contributed by atoms with Gasteiger partial charge < -0.3 is 9.80 Å². The van der Waals surface area contributed by atoms with Gasteiger partial charge in [0.2, 0.25) is 10.0 Å². The van der Waals surface area contributed by atoms with E-state index in [0.29, 0.717) is 38.3 Å². The Morgan fingerprint density at radius 3 is 2.29 bits per heavy atom. The summed E-state index contributed by atoms with van der Waals surface area (Å²) in [5.74, 6) is 0.996. The predicted octanol–water partition coefficient (Wildman–Crippen LogP) is 3.79. The molecule has 3 saturated heterocycles. The van der Waals surface area contributed by atoms with Crippen molar-refractivity contribution in [1.29, 1.82) is 0 Å². The first-order chi connectivity index (χ1) is 16.9. The predicted molar refractivity (Wildman–Crippen MR) is 134 cm³/mol. The second-order valence-electron chi connectivity index (χ2n) is 9.56. The van der Waals surface area contributed by atoms with Gasteiger partial charge in [0.05, 0.1) is 15.3 Å². The first-order valence-electron chi connectivity index (χ1n) is 12.1. The number of piperazine rings is 1. The molecule has 3 aliphatic rings. The van der Waals surface area contributed by atoms with Crippen LogP contribution in [0.1, 0.15) is 25.7 Å². The third-order valence-corrected chi connectivity index (χ3v) is 9.54. The molecule has 0 radical (unpaired) electrons. The number of nitro groups is 1. The minimum atomic E-state index is -3.65. The largest absolute Gasteiger partial charge is 0.369 e. The van der Waals surface area contributed by atoms with Crippen LogP contribution in [0.2, 0.25) is 0 Å². The van der Waals surface area contributed by atoms with Gasteiger partial charge in [-0.3, -0.25) is 10.1 Å². The fourth-order valence-electron chi connectivity index (χ4n) is 5.82. The lowest BCUT2D eigenvalue weighted by Crippen LogP contribution is -2.48. The lowest BCUT2D eigenvalue weighted by Gasteiger charge is -2.35. The average Bonchev–Trinajstić information content (AvgIpc) is 3.49. The van der Waals surface area contributed by atoms with Crippen LogP contribution in [0.25, 0.3) is 10.9 Å². The van der Waals surface area contributed by atoms with Crippen molar-refractivity contribution in [3.8, 4) is 0 Å². The number of sulfonamides is 1. The van der Waals surface area contributed by atoms with Crippen LogP contribution in [0.4, 0.5) is 17.2 Å². The summed E-state index contributed by atoms with van der Waals surface area (Å²) in [6, 6.07) is 16.8. The Bertz CT molecular complexity index is 1380. The molecule has 2 bridgehead atoms. The second-order valence-corrected chi connectivity index (χ2v) is 11.5. The summed E-state index contributed by atoms with van der Waals surface area (Å²) < 4.78 is 28.2. The topological polar surface area (TPSA) is 99.9 Å². The third kappa shape index (κ3) is 3.90. The van der Waals surface area contributed by atoms with E-state index in [0.717, 1.165) is 22.4 Å². The first-order valence-corrected chi connectivity index (χ1v) is 13.5. The maximum absolute atomic E-state index is 13.4. The third-order valence-electron chi connectivity index (χ3n) is 7.65. The SMILES string of the molecule is O=[N+]([O-])c1cccc(N2CCN(S(=O)(=O)c3ccc4nc(N5C6CCC5CC6)ccc4c3)CC2)c1. The van der Waals surface area contributed by atoms with E-state index in [9.17, 15) is 18.5 Å². The summed E-state index contributed by atoms with van der Waals surface area (Å²) in [4.78, 5) is 20.2. The van der Waals surface area contributed by atoms with E-state index in [1.807, 2.05) is 29.2 Å². The molecule has 2 aromatic carbocycles. The number of pyridine rings is 1. The molecule has 0 spiro atoms. The van der Waals surface area contributed by atoms with Crippen molar-refractivity contribution in [3.63, 3.8) is 0 Å². The van der Waals surface area contributed by atoms with E-state index in [1.54, 1.807) is 18.2 Å². The monoisotopic (exact) mass is 493 g/mol. The van der Waals surface area contributed by atoms with Crippen molar-refractivity contribution in [2.24, 2.45) is 0 Å². The highest BCUT2D eigenvalue weighted by Crippen LogP contribution is 2.40. The van der Waals surface area contributed by atoms with Crippen molar-refractivity contribution in [1.82, 2.24) is 9.29 Å². The Morgan fingerprint density at radius 1 is 0.886 bits per heavy atom. The van der Waals surface area contributed by atoms with Crippen LogP contribution in [-0.2, 0) is 10.0 Å². The molecule has 9 nitrogen and oxygen atoms in total. The maximum atomic E-state index is 13.4. The Labute approximate surface area is 204 Å². The Balaban J connectivity index is 1.19. The van der Waals surface area contributed by atoms with Gasteiger partial charge in [-0.25, -0.2) is 13.4 Å². The van der Waals surface area contributed by atoms with Crippen LogP contribution >= 0.6 is 0 Å². The lowest BCUT2D eigenvalue weighted by molar-refractivity contribution is -0.384. The van der Waals surface area contributed by atoms with Gasteiger partial charge in [0, 0.05) is 61.5 Å². The van der Waals surface area contributed by atoms with Crippen LogP contribution in [0, 0.1) is 10.1 Å². The molecule has 3 fully saturated rings. The molecule has 1 aromatic heterocycles. The molecule has 0 atom stereocenters. The van der Waals surface area contributed by atoms with Gasteiger partial charge in [0.1, 0.15) is 5.82 Å². The highest BCUT2D eigenvalue weighted by Gasteiger charge is 2.40. The molecule has 6 rings (SSSR count). The average molecular weight is 494 g/mol. The van der Waals surface area contributed by atoms with E-state index in [2.05, 4.69) is 4.90 Å². The number of benzene rings is 2. The van der Waals surface area contributed by atoms with Gasteiger partial charge >= 0.3 is 0 Å². The summed E-state index contributed by atoms with van der Waals surface area (Å²) in [6.45, 7) is 1.57. The van der Waals surface area contributed by atoms with Crippen molar-refractivity contribution in [2.45, 2.75) is 42.7 Å². The van der Waals surface area contributed by atoms with Gasteiger partial charge in [-0.15, -0.1) is 0 Å². The number of nitrogens with zero attached hydrogens (tertiary/aromatic N) is 5. The number of hydrogen-bond acceptors (Lipinski definition) is 7. The molecule has 10 heteroatoms. The smallest absolute Gasteiger partial charge is 0.271 e. The molecule has 0 saturated carbocycles. The molecule has 3 aromatic rings. The molecule has 0 unspecified atom stereocenters. The van der Waals surface area contributed by atoms with Crippen molar-refractivity contribution in [2.75, 3.05) is 36.0 Å². The van der Waals surface area contributed by atoms with E-state index >= 15 is 0 Å². The summed E-state index contributed by atoms with van der Waals surface area (Å²) in [5.41, 5.74) is 1.57. The normalized spacial score (nSPS) is 22.7. The lowest BCUT2D eigenvalue weighted by atomic mass is 10.0. The van der Waals surface area contributed by atoms with Crippen molar-refractivity contribution >= 4 is 38.1 Å². The van der Waals surface area contributed by atoms with Gasteiger partial charge in [-0.05, 0) is 62.1 Å². The van der Waals surface area contributed by atoms with Crippen molar-refractivity contribution < 1.29 is 13.3 Å². The van der Waals surface area contributed by atoms with Gasteiger partial charge in [0.15, 0.2) is 0 Å². The zero-order valence-electron chi connectivity index (χ0n) is 19.3. The Morgan fingerprint density at radius 2 is 1.60 bits per heavy atom. The number of hydrogen-bond donors (Lipinski definition) is 0. The molecule has 182 valence electrons. The van der Waals surface area contributed by atoms with Crippen LogP contribution in [0.15, 0.2) is 59.5 Å². The number of non-ortho nitro benzene ring substituents is 1. The van der Waals surface area contributed by atoms with Gasteiger partial charge in [0.25, 0.3) is 5.69 Å². The minimum absolute atomic E-state index is 0.0304. The highest BCUT2D eigenvalue weighted by atomic mass is 32.2. The van der Waals surface area contributed by atoms with Gasteiger partial charge in [-0.2, -0.15) is 4.31 Å². The standard InChI is InChI=1S/C25H27N5O4S/c31-30(32)22-3-1-2-21(17-22)27-12-14-28(15-13-27)35(33,34)23-9-10-24-18(16-23)4-11-25(26-24)29-19-5-6-20(29)8-7-19/h1-4,9-11,16-17,19-20H,5-8,12-15H2. The van der Waals surface area contributed by atoms with Crippen LogP contribution in [-0.4, -0.2) is 60.9 Å². The number of rotatable bonds is 5. The van der Waals surface area contributed by atoms with E-state index < -0.39 is 14.9 Å². The Hall–Kier alpha value is -3.24. The maximum Gasteiger partial charge on any atom is 0.271 e. The number of anilines is 2. The fourth-order valence-corrected chi connectivity index (χ4v) is 7.28. The van der Waals surface area contributed by atoms with Crippen LogP contribution in [0.3, 0.4) is 0 Å². The summed E-state index contributed by atoms with van der Waals surface area (Å²) in [6.07, 6.45) is 4.93. The first kappa shape index (κ1) is 22.2. The molecular weight excluding hydrogens is 466 g/mol. The van der Waals surface area contributed by atoms with E-state index in [-0.39, 0.29) is 10.6 Å². The fraction of sp³-hybridized carbons (Fsp3) is 0.400. The molecule has 0 N–H and O–H groups in total. The van der Waals surface area contributed by atoms with Crippen molar-refractivity contribution in [3.05, 3.63) is 64.7 Å². The highest BCUT2D eigenvalue weighted by molar-refractivity contribution is 7.89. The summed E-state index contributed by atoms with van der Waals surface area (Å²) in [5, 5.41) is 11.9. The van der Waals surface area contributed by atoms with Gasteiger partial charge in [-0.1, -0.05) is 6.07 Å². The number of fused-ring (bicyclic) bond motifs is 3. The summed E-state index contributed by atoms with van der Waals surface area (Å²) in [7, 11) is -3.65. The second kappa shape index (κ2) is 8.46. The molecule has 0 amide bonds. The number of nitro benzene ring substituents is 1. The quantitative estimate of drug-likeness (QED) is 0.394. The zero-order valence-corrected chi connectivity index (χ0v) is 20.1. The Kier molecular flexibility index (Phi) is 5.37. The zero-order chi connectivity index (χ0) is 24.2. The minimum Gasteiger partial charge on any atom is -0.369 e.